The minimum absolute atomic E-state index is 0.0196. The fourth-order valence-electron chi connectivity index (χ4n) is 2.89. The molecule has 0 fully saturated rings. The van der Waals surface area contributed by atoms with Crippen molar-refractivity contribution in [2.75, 3.05) is 0 Å². The number of thiazole rings is 1. The van der Waals surface area contributed by atoms with Gasteiger partial charge in [-0.15, -0.1) is 11.3 Å². The van der Waals surface area contributed by atoms with Crippen LogP contribution in [0.25, 0.3) is 21.3 Å². The molecule has 3 heterocycles. The molecular formula is C19H17N5O3S. The first-order chi connectivity index (χ1) is 13.5. The minimum Gasteiger partial charge on any atom is -0.459 e. The second-order valence-electron chi connectivity index (χ2n) is 6.31. The molecule has 0 radical (unpaired) electrons. The lowest BCUT2D eigenvalue weighted by atomic mass is 10.1. The number of rotatable bonds is 5. The number of benzene rings is 1. The summed E-state index contributed by atoms with van der Waals surface area (Å²) in [6.07, 6.45) is 3.60. The molecule has 9 heteroatoms. The van der Waals surface area contributed by atoms with Gasteiger partial charge in [-0.1, -0.05) is 18.2 Å². The molecule has 8 nitrogen and oxygen atoms in total. The topological polar surface area (TPSA) is 91.9 Å². The van der Waals surface area contributed by atoms with Crippen molar-refractivity contribution >= 4 is 28.1 Å². The highest BCUT2D eigenvalue weighted by atomic mass is 32.1. The summed E-state index contributed by atoms with van der Waals surface area (Å²) in [5.41, 5.74) is 1.91. The third-order valence-electron chi connectivity index (χ3n) is 4.23. The van der Waals surface area contributed by atoms with E-state index in [9.17, 15) is 9.59 Å². The molecule has 1 aromatic carbocycles. The predicted octanol–water partition coefficient (Wildman–Crippen LogP) is 2.08. The van der Waals surface area contributed by atoms with E-state index in [0.717, 1.165) is 10.6 Å². The van der Waals surface area contributed by atoms with Gasteiger partial charge >= 0.3 is 5.97 Å². The number of aromatic nitrogens is 5. The Kier molecular flexibility index (Phi) is 4.74. The van der Waals surface area contributed by atoms with Crippen molar-refractivity contribution in [2.45, 2.75) is 13.0 Å². The second kappa shape index (κ2) is 7.35. The zero-order valence-electron chi connectivity index (χ0n) is 15.3. The molecular weight excluding hydrogens is 378 g/mol. The van der Waals surface area contributed by atoms with E-state index in [1.54, 1.807) is 36.1 Å². The summed E-state index contributed by atoms with van der Waals surface area (Å²) >= 11 is 1.47. The zero-order valence-corrected chi connectivity index (χ0v) is 16.1. The van der Waals surface area contributed by atoms with E-state index in [4.69, 9.17) is 4.74 Å². The van der Waals surface area contributed by atoms with Crippen LogP contribution < -0.4 is 5.56 Å². The van der Waals surface area contributed by atoms with Crippen LogP contribution in [-0.2, 0) is 36.7 Å². The molecule has 0 saturated heterocycles. The van der Waals surface area contributed by atoms with Gasteiger partial charge in [0.15, 0.2) is 0 Å². The normalized spacial score (nSPS) is 11.1. The average molecular weight is 395 g/mol. The first kappa shape index (κ1) is 18.1. The maximum absolute atomic E-state index is 12.3. The lowest BCUT2D eigenvalue weighted by Gasteiger charge is -2.08. The second-order valence-corrected chi connectivity index (χ2v) is 7.16. The summed E-state index contributed by atoms with van der Waals surface area (Å²) < 4.78 is 8.31. The number of hydrogen-bond donors (Lipinski definition) is 0. The van der Waals surface area contributed by atoms with Crippen molar-refractivity contribution in [1.82, 2.24) is 24.5 Å². The highest BCUT2D eigenvalue weighted by Gasteiger charge is 2.14. The monoisotopic (exact) mass is 395 g/mol. The molecule has 0 spiro atoms. The maximum atomic E-state index is 12.3. The van der Waals surface area contributed by atoms with Gasteiger partial charge in [-0.05, 0) is 6.07 Å². The highest BCUT2D eigenvalue weighted by Crippen LogP contribution is 2.23. The van der Waals surface area contributed by atoms with E-state index >= 15 is 0 Å². The molecule has 142 valence electrons. The van der Waals surface area contributed by atoms with Crippen LogP contribution in [0.5, 0.6) is 0 Å². The van der Waals surface area contributed by atoms with Crippen LogP contribution in [0.1, 0.15) is 11.4 Å². The summed E-state index contributed by atoms with van der Waals surface area (Å²) in [6, 6.07) is 7.11. The van der Waals surface area contributed by atoms with Gasteiger partial charge in [0.05, 0.1) is 29.4 Å². The standard InChI is InChI=1S/C19H17N5O3S/c1-23-9-12(8-20-23)18-21-13(11-28-18)10-27-17(25)7-16-14-5-3-4-6-15(14)19(26)24(2)22-16/h3-6,8-9,11H,7,10H2,1-2H3. The van der Waals surface area contributed by atoms with E-state index in [-0.39, 0.29) is 18.6 Å². The Hall–Kier alpha value is -3.33. The van der Waals surface area contributed by atoms with Gasteiger partial charge < -0.3 is 4.74 Å². The van der Waals surface area contributed by atoms with Gasteiger partial charge in [-0.3, -0.25) is 14.3 Å². The molecule has 0 bridgehead atoms. The molecule has 0 unspecified atom stereocenters. The van der Waals surface area contributed by atoms with E-state index in [1.165, 1.54) is 16.0 Å². The van der Waals surface area contributed by atoms with Crippen molar-refractivity contribution in [3.05, 3.63) is 63.8 Å². The van der Waals surface area contributed by atoms with E-state index in [2.05, 4.69) is 15.2 Å². The summed E-state index contributed by atoms with van der Waals surface area (Å²) in [4.78, 5) is 29.0. The molecule has 28 heavy (non-hydrogen) atoms. The number of hydrogen-bond acceptors (Lipinski definition) is 7. The highest BCUT2D eigenvalue weighted by molar-refractivity contribution is 7.13. The van der Waals surface area contributed by atoms with Crippen molar-refractivity contribution in [3.8, 4) is 10.6 Å². The third kappa shape index (κ3) is 3.56. The Bertz CT molecular complexity index is 1220. The van der Waals surface area contributed by atoms with Crippen molar-refractivity contribution < 1.29 is 9.53 Å². The Morgan fingerprint density at radius 3 is 2.75 bits per heavy atom. The van der Waals surface area contributed by atoms with Crippen molar-refractivity contribution in [2.24, 2.45) is 14.1 Å². The van der Waals surface area contributed by atoms with Crippen molar-refractivity contribution in [3.63, 3.8) is 0 Å². The average Bonchev–Trinajstić information content (AvgIpc) is 3.33. The maximum Gasteiger partial charge on any atom is 0.312 e. The quantitative estimate of drug-likeness (QED) is 0.481. The lowest BCUT2D eigenvalue weighted by molar-refractivity contribution is -0.144. The van der Waals surface area contributed by atoms with Gasteiger partial charge in [0.25, 0.3) is 5.56 Å². The molecule has 0 amide bonds. The molecule has 0 aliphatic carbocycles. The van der Waals surface area contributed by atoms with Crippen LogP contribution in [0.2, 0.25) is 0 Å². The molecule has 0 saturated carbocycles. The molecule has 4 aromatic rings. The zero-order chi connectivity index (χ0) is 19.7. The van der Waals surface area contributed by atoms with Crippen LogP contribution in [0.4, 0.5) is 0 Å². The van der Waals surface area contributed by atoms with Gasteiger partial charge in [0, 0.05) is 36.6 Å². The van der Waals surface area contributed by atoms with Crippen LogP contribution in [0.15, 0.2) is 46.8 Å². The molecule has 0 aliphatic rings. The number of aryl methyl sites for hydroxylation is 2. The summed E-state index contributed by atoms with van der Waals surface area (Å²) in [6.45, 7) is 0.0826. The van der Waals surface area contributed by atoms with Gasteiger partial charge in [0.2, 0.25) is 0 Å². The fraction of sp³-hybridized carbons (Fsp3) is 0.211. The van der Waals surface area contributed by atoms with Crippen LogP contribution >= 0.6 is 11.3 Å². The first-order valence-corrected chi connectivity index (χ1v) is 9.43. The Labute approximate surface area is 164 Å². The molecule has 0 atom stereocenters. The number of carbonyl (C=O) groups excluding carboxylic acids is 1. The molecule has 3 aromatic heterocycles. The Morgan fingerprint density at radius 2 is 2.00 bits per heavy atom. The Morgan fingerprint density at radius 1 is 1.21 bits per heavy atom. The van der Waals surface area contributed by atoms with Gasteiger partial charge in [0.1, 0.15) is 11.6 Å². The number of carbonyl (C=O) groups is 1. The fourth-order valence-corrected chi connectivity index (χ4v) is 3.67. The summed E-state index contributed by atoms with van der Waals surface area (Å²) in [7, 11) is 3.41. The van der Waals surface area contributed by atoms with Gasteiger partial charge in [-0.2, -0.15) is 10.2 Å². The van der Waals surface area contributed by atoms with E-state index < -0.39 is 5.97 Å². The number of fused-ring (bicyclic) bond motifs is 1. The lowest BCUT2D eigenvalue weighted by Crippen LogP contribution is -2.22. The third-order valence-corrected chi connectivity index (χ3v) is 5.17. The number of ether oxygens (including phenoxy) is 1. The number of esters is 1. The van der Waals surface area contributed by atoms with Crippen LogP contribution in [0, 0.1) is 0 Å². The largest absolute Gasteiger partial charge is 0.459 e. The minimum atomic E-state index is -0.424. The van der Waals surface area contributed by atoms with Crippen LogP contribution in [0.3, 0.4) is 0 Å². The smallest absolute Gasteiger partial charge is 0.312 e. The van der Waals surface area contributed by atoms with Crippen LogP contribution in [-0.4, -0.2) is 30.5 Å². The molecule has 0 aliphatic heterocycles. The molecule has 0 N–H and O–H groups in total. The Balaban J connectivity index is 1.46. The molecule has 4 rings (SSSR count). The van der Waals surface area contributed by atoms with Crippen molar-refractivity contribution in [1.29, 1.82) is 0 Å². The predicted molar refractivity (Wildman–Crippen MR) is 105 cm³/mol. The summed E-state index contributed by atoms with van der Waals surface area (Å²) in [5, 5.41) is 12.2. The van der Waals surface area contributed by atoms with Gasteiger partial charge in [-0.25, -0.2) is 9.67 Å². The SMILES string of the molecule is Cn1cc(-c2nc(COC(=O)Cc3nn(C)c(=O)c4ccccc34)cs2)cn1. The summed E-state index contributed by atoms with van der Waals surface area (Å²) in [5.74, 6) is -0.424. The first-order valence-electron chi connectivity index (χ1n) is 8.55. The number of nitrogens with zero attached hydrogens (tertiary/aromatic N) is 5. The van der Waals surface area contributed by atoms with E-state index in [0.29, 0.717) is 22.2 Å². The van der Waals surface area contributed by atoms with E-state index in [1.807, 2.05) is 24.7 Å².